The van der Waals surface area contributed by atoms with Crippen LogP contribution in [0.25, 0.3) is 0 Å². The van der Waals surface area contributed by atoms with Crippen molar-refractivity contribution in [1.82, 2.24) is 0 Å². The smallest absolute Gasteiger partial charge is 0.308 e. The maximum atomic E-state index is 12.1. The summed E-state index contributed by atoms with van der Waals surface area (Å²) < 4.78 is 16.3. The van der Waals surface area contributed by atoms with E-state index < -0.39 is 0 Å². The molecule has 0 bridgehead atoms. The molecular formula is C21H32O5. The summed E-state index contributed by atoms with van der Waals surface area (Å²) in [6.07, 6.45) is 11.8. The highest BCUT2D eigenvalue weighted by Crippen LogP contribution is 2.51. The second-order valence-electron chi connectivity index (χ2n) is 8.82. The number of esters is 2. The summed E-state index contributed by atoms with van der Waals surface area (Å²) in [5.41, 5.74) is 0. The number of fused-ring (bicyclic) bond motifs is 2. The van der Waals surface area contributed by atoms with Gasteiger partial charge < -0.3 is 14.2 Å². The van der Waals surface area contributed by atoms with Gasteiger partial charge in [0.15, 0.2) is 0 Å². The number of epoxide rings is 1. The van der Waals surface area contributed by atoms with Crippen LogP contribution in [-0.2, 0) is 23.8 Å². The van der Waals surface area contributed by atoms with Gasteiger partial charge in [-0.3, -0.25) is 9.59 Å². The van der Waals surface area contributed by atoms with Gasteiger partial charge in [-0.25, -0.2) is 0 Å². The van der Waals surface area contributed by atoms with Gasteiger partial charge in [-0.2, -0.15) is 0 Å². The van der Waals surface area contributed by atoms with Crippen molar-refractivity contribution in [3.8, 4) is 0 Å². The van der Waals surface area contributed by atoms with Crippen molar-refractivity contribution in [3.63, 3.8) is 0 Å². The lowest BCUT2D eigenvalue weighted by Crippen LogP contribution is -2.22. The highest BCUT2D eigenvalue weighted by molar-refractivity contribution is 5.72. The molecule has 3 aliphatic carbocycles. The fraction of sp³-hybridized carbons (Fsp3) is 0.905. The zero-order valence-electron chi connectivity index (χ0n) is 15.7. The van der Waals surface area contributed by atoms with Gasteiger partial charge in [-0.1, -0.05) is 0 Å². The molecule has 6 atom stereocenters. The summed E-state index contributed by atoms with van der Waals surface area (Å²) in [6.45, 7) is 1.04. The molecule has 0 N–H and O–H groups in total. The van der Waals surface area contributed by atoms with Crippen LogP contribution < -0.4 is 0 Å². The molecule has 3 saturated carbocycles. The van der Waals surface area contributed by atoms with E-state index in [1.54, 1.807) is 0 Å². The first-order valence-corrected chi connectivity index (χ1v) is 10.7. The van der Waals surface area contributed by atoms with E-state index in [1.807, 2.05) is 0 Å². The van der Waals surface area contributed by atoms with E-state index in [9.17, 15) is 9.59 Å². The van der Waals surface area contributed by atoms with Crippen molar-refractivity contribution in [1.29, 1.82) is 0 Å². The van der Waals surface area contributed by atoms with E-state index in [2.05, 4.69) is 0 Å². The monoisotopic (exact) mass is 364 g/mol. The molecule has 4 fully saturated rings. The highest BCUT2D eigenvalue weighted by Gasteiger charge is 2.44. The molecule has 0 aromatic heterocycles. The molecule has 1 heterocycles. The lowest BCUT2D eigenvalue weighted by atomic mass is 9.89. The number of hydrogen-bond donors (Lipinski definition) is 0. The van der Waals surface area contributed by atoms with Gasteiger partial charge in [-0.05, 0) is 82.0 Å². The quantitative estimate of drug-likeness (QED) is 0.355. The molecule has 4 rings (SSSR count). The molecule has 1 aliphatic heterocycles. The summed E-state index contributed by atoms with van der Waals surface area (Å²) in [5.74, 6) is 2.25. The molecule has 0 aromatic carbocycles. The van der Waals surface area contributed by atoms with Crippen LogP contribution in [-0.4, -0.2) is 37.4 Å². The van der Waals surface area contributed by atoms with E-state index in [4.69, 9.17) is 14.2 Å². The van der Waals surface area contributed by atoms with Gasteiger partial charge in [0, 0.05) is 6.42 Å². The van der Waals surface area contributed by atoms with E-state index in [-0.39, 0.29) is 17.9 Å². The molecule has 6 unspecified atom stereocenters. The molecule has 5 nitrogen and oxygen atoms in total. The summed E-state index contributed by atoms with van der Waals surface area (Å²) in [4.78, 5) is 23.9. The number of unbranched alkanes of at least 4 members (excludes halogenated alkanes) is 2. The fourth-order valence-corrected chi connectivity index (χ4v) is 4.83. The Balaban J connectivity index is 0.983. The molecule has 0 aromatic rings. The normalized spacial score (nSPS) is 37.2. The topological polar surface area (TPSA) is 65.1 Å². The predicted octanol–water partition coefficient (Wildman–Crippen LogP) is 3.64. The van der Waals surface area contributed by atoms with Crippen molar-refractivity contribution in [2.75, 3.05) is 13.2 Å². The minimum absolute atomic E-state index is 0.00382. The van der Waals surface area contributed by atoms with Crippen molar-refractivity contribution in [2.45, 2.75) is 82.8 Å². The summed E-state index contributed by atoms with van der Waals surface area (Å²) in [5, 5.41) is 0. The standard InChI is InChI=1S/C21H32O5/c22-20(25-13-14-5-8-18-19(10-14)26-18)4-2-1-3-9-24-21(23)16-7-6-15-11-17(15)12-16/h14-19H,1-13H2. The van der Waals surface area contributed by atoms with Crippen LogP contribution >= 0.6 is 0 Å². The van der Waals surface area contributed by atoms with Gasteiger partial charge in [0.1, 0.15) is 0 Å². The third-order valence-corrected chi connectivity index (χ3v) is 6.74. The van der Waals surface area contributed by atoms with E-state index in [0.29, 0.717) is 37.8 Å². The minimum Gasteiger partial charge on any atom is -0.465 e. The first-order valence-electron chi connectivity index (χ1n) is 10.7. The van der Waals surface area contributed by atoms with Crippen molar-refractivity contribution < 1.29 is 23.8 Å². The van der Waals surface area contributed by atoms with Crippen molar-refractivity contribution in [2.24, 2.45) is 23.7 Å². The van der Waals surface area contributed by atoms with Gasteiger partial charge in [0.05, 0.1) is 31.3 Å². The Labute approximate surface area is 156 Å². The Morgan fingerprint density at radius 2 is 1.77 bits per heavy atom. The van der Waals surface area contributed by atoms with Crippen molar-refractivity contribution >= 4 is 11.9 Å². The number of ether oxygens (including phenoxy) is 3. The Morgan fingerprint density at radius 1 is 0.846 bits per heavy atom. The predicted molar refractivity (Wildman–Crippen MR) is 95.3 cm³/mol. The maximum absolute atomic E-state index is 12.1. The van der Waals surface area contributed by atoms with Crippen LogP contribution in [0.3, 0.4) is 0 Å². The molecule has 0 amide bonds. The molecule has 146 valence electrons. The Kier molecular flexibility index (Phi) is 5.82. The highest BCUT2D eigenvalue weighted by atomic mass is 16.6. The number of carbonyl (C=O) groups is 2. The van der Waals surface area contributed by atoms with Crippen LogP contribution in [0.1, 0.15) is 70.6 Å². The third kappa shape index (κ3) is 4.99. The second-order valence-corrected chi connectivity index (χ2v) is 8.82. The molecule has 0 spiro atoms. The SMILES string of the molecule is O=C(CCCCCOC(=O)C1CCC2CC2C1)OCC1CCC2OC2C1. The van der Waals surface area contributed by atoms with E-state index in [1.165, 1.54) is 12.8 Å². The van der Waals surface area contributed by atoms with Gasteiger partial charge in [-0.15, -0.1) is 0 Å². The molecule has 0 radical (unpaired) electrons. The Morgan fingerprint density at radius 3 is 2.62 bits per heavy atom. The van der Waals surface area contributed by atoms with Gasteiger partial charge >= 0.3 is 11.9 Å². The molecule has 26 heavy (non-hydrogen) atoms. The first kappa shape index (κ1) is 18.3. The van der Waals surface area contributed by atoms with E-state index in [0.717, 1.165) is 63.2 Å². The van der Waals surface area contributed by atoms with E-state index >= 15 is 0 Å². The maximum Gasteiger partial charge on any atom is 0.308 e. The zero-order chi connectivity index (χ0) is 17.9. The summed E-state index contributed by atoms with van der Waals surface area (Å²) in [7, 11) is 0. The molecule has 5 heteroatoms. The first-order chi connectivity index (χ1) is 12.7. The van der Waals surface area contributed by atoms with Gasteiger partial charge in [0.2, 0.25) is 0 Å². The van der Waals surface area contributed by atoms with Crippen LogP contribution in [0.4, 0.5) is 0 Å². The molecule has 4 aliphatic rings. The van der Waals surface area contributed by atoms with Crippen LogP contribution in [0, 0.1) is 23.7 Å². The van der Waals surface area contributed by atoms with Crippen LogP contribution in [0.2, 0.25) is 0 Å². The Bertz CT molecular complexity index is 519. The zero-order valence-corrected chi connectivity index (χ0v) is 15.7. The lowest BCUT2D eigenvalue weighted by molar-refractivity contribution is -0.150. The fourth-order valence-electron chi connectivity index (χ4n) is 4.83. The molecular weight excluding hydrogens is 332 g/mol. The number of rotatable bonds is 9. The van der Waals surface area contributed by atoms with Gasteiger partial charge in [0.25, 0.3) is 0 Å². The number of carbonyl (C=O) groups excluding carboxylic acids is 2. The Hall–Kier alpha value is -1.10. The van der Waals surface area contributed by atoms with Crippen molar-refractivity contribution in [3.05, 3.63) is 0 Å². The summed E-state index contributed by atoms with van der Waals surface area (Å²) in [6, 6.07) is 0. The summed E-state index contributed by atoms with van der Waals surface area (Å²) >= 11 is 0. The largest absolute Gasteiger partial charge is 0.465 e. The molecule has 1 saturated heterocycles. The average Bonchev–Trinajstić information content (AvgIpc) is 3.55. The average molecular weight is 364 g/mol. The number of hydrogen-bond acceptors (Lipinski definition) is 5. The minimum atomic E-state index is -0.0953. The van der Waals surface area contributed by atoms with Crippen LogP contribution in [0.15, 0.2) is 0 Å². The second kappa shape index (κ2) is 8.28. The van der Waals surface area contributed by atoms with Crippen LogP contribution in [0.5, 0.6) is 0 Å². The lowest BCUT2D eigenvalue weighted by Gasteiger charge is -2.19. The third-order valence-electron chi connectivity index (χ3n) is 6.74.